The lowest BCUT2D eigenvalue weighted by atomic mass is 10.3. The standard InChI is InChI=1S/C20H25N5OS2/c1-6-26-17-9-7-16(8-10-17)25-18(23-24-20(25)28-13(2)3)12-27-19-21-14(4)11-15(5)22-19/h7-11,13H,6,12H2,1-5H3. The summed E-state index contributed by atoms with van der Waals surface area (Å²) in [4.78, 5) is 9.02. The SMILES string of the molecule is CCOc1ccc(-n2c(CSc3nc(C)cc(C)n3)nnc2SC(C)C)cc1. The lowest BCUT2D eigenvalue weighted by Gasteiger charge is -2.12. The van der Waals surface area contributed by atoms with Crippen molar-refractivity contribution in [3.05, 3.63) is 47.5 Å². The molecule has 0 aliphatic carbocycles. The molecule has 2 aromatic heterocycles. The molecule has 0 unspecified atom stereocenters. The zero-order valence-corrected chi connectivity index (χ0v) is 18.5. The number of benzene rings is 1. The lowest BCUT2D eigenvalue weighted by Crippen LogP contribution is -2.04. The Labute approximate surface area is 174 Å². The van der Waals surface area contributed by atoms with Crippen LogP contribution in [0.25, 0.3) is 5.69 Å². The number of ether oxygens (including phenoxy) is 1. The van der Waals surface area contributed by atoms with Crippen LogP contribution in [0, 0.1) is 13.8 Å². The first-order chi connectivity index (χ1) is 13.5. The Morgan fingerprint density at radius 3 is 2.32 bits per heavy atom. The molecule has 0 N–H and O–H groups in total. The molecule has 0 fully saturated rings. The number of rotatable bonds is 8. The predicted molar refractivity (Wildman–Crippen MR) is 115 cm³/mol. The van der Waals surface area contributed by atoms with Gasteiger partial charge in [-0.05, 0) is 51.1 Å². The van der Waals surface area contributed by atoms with E-state index in [2.05, 4.69) is 38.6 Å². The van der Waals surface area contributed by atoms with Crippen molar-refractivity contribution in [1.29, 1.82) is 0 Å². The predicted octanol–water partition coefficient (Wildman–Crippen LogP) is 4.87. The number of aromatic nitrogens is 5. The van der Waals surface area contributed by atoms with Crippen LogP contribution in [0.5, 0.6) is 5.75 Å². The Balaban J connectivity index is 1.89. The second kappa shape index (κ2) is 9.43. The zero-order chi connectivity index (χ0) is 20.1. The molecule has 8 heteroatoms. The molecule has 0 spiro atoms. The van der Waals surface area contributed by atoms with Gasteiger partial charge in [-0.1, -0.05) is 37.4 Å². The maximum atomic E-state index is 5.56. The third kappa shape index (κ3) is 5.26. The molecule has 0 saturated carbocycles. The van der Waals surface area contributed by atoms with Crippen LogP contribution in [0.3, 0.4) is 0 Å². The Kier molecular flexibility index (Phi) is 6.96. The topological polar surface area (TPSA) is 65.7 Å². The average molecular weight is 416 g/mol. The van der Waals surface area contributed by atoms with E-state index in [-0.39, 0.29) is 0 Å². The van der Waals surface area contributed by atoms with Crippen LogP contribution < -0.4 is 4.74 Å². The third-order valence-corrected chi connectivity index (χ3v) is 5.53. The molecule has 2 heterocycles. The monoisotopic (exact) mass is 415 g/mol. The Morgan fingerprint density at radius 1 is 1.04 bits per heavy atom. The Morgan fingerprint density at radius 2 is 1.71 bits per heavy atom. The summed E-state index contributed by atoms with van der Waals surface area (Å²) < 4.78 is 7.67. The summed E-state index contributed by atoms with van der Waals surface area (Å²) in [7, 11) is 0. The minimum Gasteiger partial charge on any atom is -0.494 e. The molecule has 0 radical (unpaired) electrons. The second-order valence-electron chi connectivity index (χ2n) is 6.55. The molecule has 0 saturated heterocycles. The summed E-state index contributed by atoms with van der Waals surface area (Å²) in [5.74, 6) is 2.37. The smallest absolute Gasteiger partial charge is 0.196 e. The fourth-order valence-corrected chi connectivity index (χ4v) is 4.37. The van der Waals surface area contributed by atoms with E-state index < -0.39 is 0 Å². The summed E-state index contributed by atoms with van der Waals surface area (Å²) in [6.07, 6.45) is 0. The van der Waals surface area contributed by atoms with Gasteiger partial charge in [-0.25, -0.2) is 9.97 Å². The van der Waals surface area contributed by atoms with Gasteiger partial charge in [-0.15, -0.1) is 10.2 Å². The first kappa shape index (κ1) is 20.7. The maximum absolute atomic E-state index is 5.56. The van der Waals surface area contributed by atoms with Crippen LogP contribution in [0.1, 0.15) is 38.0 Å². The van der Waals surface area contributed by atoms with E-state index in [0.29, 0.717) is 17.6 Å². The van der Waals surface area contributed by atoms with E-state index >= 15 is 0 Å². The molecular weight excluding hydrogens is 390 g/mol. The molecule has 6 nitrogen and oxygen atoms in total. The number of aryl methyl sites for hydroxylation is 2. The minimum absolute atomic E-state index is 0.411. The first-order valence-corrected chi connectivity index (χ1v) is 11.1. The van der Waals surface area contributed by atoms with Crippen molar-refractivity contribution < 1.29 is 4.74 Å². The summed E-state index contributed by atoms with van der Waals surface area (Å²) in [6.45, 7) is 10.9. The highest BCUT2D eigenvalue weighted by Gasteiger charge is 2.17. The minimum atomic E-state index is 0.411. The van der Waals surface area contributed by atoms with Crippen LogP contribution in [-0.2, 0) is 5.75 Å². The highest BCUT2D eigenvalue weighted by molar-refractivity contribution is 7.99. The third-order valence-electron chi connectivity index (χ3n) is 3.74. The Hall–Kier alpha value is -2.06. The van der Waals surface area contributed by atoms with Gasteiger partial charge in [-0.3, -0.25) is 4.57 Å². The molecule has 148 valence electrons. The van der Waals surface area contributed by atoms with Gasteiger partial charge in [0.05, 0.1) is 12.4 Å². The van der Waals surface area contributed by atoms with Crippen LogP contribution in [-0.4, -0.2) is 36.6 Å². The van der Waals surface area contributed by atoms with E-state index in [1.54, 1.807) is 23.5 Å². The van der Waals surface area contributed by atoms with Crippen LogP contribution in [0.2, 0.25) is 0 Å². The highest BCUT2D eigenvalue weighted by atomic mass is 32.2. The average Bonchev–Trinajstić information content (AvgIpc) is 3.02. The van der Waals surface area contributed by atoms with Crippen molar-refractivity contribution >= 4 is 23.5 Å². The van der Waals surface area contributed by atoms with E-state index in [0.717, 1.165) is 39.0 Å². The summed E-state index contributed by atoms with van der Waals surface area (Å²) in [5.41, 5.74) is 2.96. The van der Waals surface area contributed by atoms with Gasteiger partial charge in [0.2, 0.25) is 0 Å². The van der Waals surface area contributed by atoms with Crippen molar-refractivity contribution in [3.8, 4) is 11.4 Å². The summed E-state index contributed by atoms with van der Waals surface area (Å²) >= 11 is 3.27. The van der Waals surface area contributed by atoms with E-state index in [4.69, 9.17) is 4.74 Å². The van der Waals surface area contributed by atoms with E-state index in [1.165, 1.54) is 0 Å². The zero-order valence-electron chi connectivity index (χ0n) is 16.8. The molecule has 1 aromatic carbocycles. The van der Waals surface area contributed by atoms with Gasteiger partial charge in [-0.2, -0.15) is 0 Å². The molecular formula is C20H25N5OS2. The molecule has 3 aromatic rings. The fraction of sp³-hybridized carbons (Fsp3) is 0.400. The van der Waals surface area contributed by atoms with Crippen molar-refractivity contribution in [2.45, 2.75) is 55.9 Å². The number of thioether (sulfide) groups is 2. The van der Waals surface area contributed by atoms with Crippen LogP contribution in [0.15, 0.2) is 40.6 Å². The fourth-order valence-electron chi connectivity index (χ4n) is 2.69. The quantitative estimate of drug-likeness (QED) is 0.384. The van der Waals surface area contributed by atoms with E-state index in [9.17, 15) is 0 Å². The van der Waals surface area contributed by atoms with Crippen molar-refractivity contribution in [3.63, 3.8) is 0 Å². The van der Waals surface area contributed by atoms with Gasteiger partial charge in [0.15, 0.2) is 10.3 Å². The largest absolute Gasteiger partial charge is 0.494 e. The summed E-state index contributed by atoms with van der Waals surface area (Å²) in [6, 6.07) is 10.0. The molecule has 0 atom stereocenters. The maximum Gasteiger partial charge on any atom is 0.196 e. The van der Waals surface area contributed by atoms with Gasteiger partial charge in [0.25, 0.3) is 0 Å². The number of nitrogens with zero attached hydrogens (tertiary/aromatic N) is 5. The molecule has 28 heavy (non-hydrogen) atoms. The van der Waals surface area contributed by atoms with E-state index in [1.807, 2.05) is 51.1 Å². The number of hydrogen-bond donors (Lipinski definition) is 0. The molecule has 0 aliphatic heterocycles. The van der Waals surface area contributed by atoms with Crippen LogP contribution >= 0.6 is 23.5 Å². The first-order valence-electron chi connectivity index (χ1n) is 9.25. The van der Waals surface area contributed by atoms with Crippen molar-refractivity contribution in [1.82, 2.24) is 24.7 Å². The van der Waals surface area contributed by atoms with Crippen molar-refractivity contribution in [2.24, 2.45) is 0 Å². The summed E-state index contributed by atoms with van der Waals surface area (Å²) in [5, 5.41) is 10.9. The Bertz CT molecular complexity index is 905. The van der Waals surface area contributed by atoms with Gasteiger partial charge < -0.3 is 4.74 Å². The number of hydrogen-bond acceptors (Lipinski definition) is 7. The highest BCUT2D eigenvalue weighted by Crippen LogP contribution is 2.29. The molecule has 3 rings (SSSR count). The molecule has 0 amide bonds. The molecule has 0 aliphatic rings. The second-order valence-corrected chi connectivity index (χ2v) is 9.04. The van der Waals surface area contributed by atoms with Gasteiger partial charge in [0.1, 0.15) is 11.6 Å². The van der Waals surface area contributed by atoms with Crippen LogP contribution in [0.4, 0.5) is 0 Å². The van der Waals surface area contributed by atoms with Gasteiger partial charge in [0, 0.05) is 22.3 Å². The molecule has 0 bridgehead atoms. The normalized spacial score (nSPS) is 11.2. The lowest BCUT2D eigenvalue weighted by molar-refractivity contribution is 0.340. The van der Waals surface area contributed by atoms with Gasteiger partial charge >= 0.3 is 0 Å². The van der Waals surface area contributed by atoms with Crippen molar-refractivity contribution in [2.75, 3.05) is 6.61 Å².